The third-order valence-corrected chi connectivity index (χ3v) is 8.91. The Bertz CT molecular complexity index is 1420. The lowest BCUT2D eigenvalue weighted by molar-refractivity contribution is -0.137. The molecule has 1 unspecified atom stereocenters. The van der Waals surface area contributed by atoms with E-state index in [4.69, 9.17) is 5.14 Å². The first-order chi connectivity index (χ1) is 15.7. The Balaban J connectivity index is 1.96. The van der Waals surface area contributed by atoms with Crippen molar-refractivity contribution < 1.29 is 34.8 Å². The van der Waals surface area contributed by atoms with E-state index in [1.807, 2.05) is 0 Å². The van der Waals surface area contributed by atoms with Crippen LogP contribution < -0.4 is 10.5 Å². The number of fused-ring (bicyclic) bond motifs is 1. The molecular formula is C19H17BrF3N3O5S3. The molecule has 0 spiro atoms. The number of rotatable bonds is 8. The van der Waals surface area contributed by atoms with E-state index in [1.54, 1.807) is 18.2 Å². The second-order valence-corrected chi connectivity index (χ2v) is 13.0. The van der Waals surface area contributed by atoms with Gasteiger partial charge in [0.05, 0.1) is 27.3 Å². The van der Waals surface area contributed by atoms with Crippen molar-refractivity contribution in [3.05, 3.63) is 63.1 Å². The van der Waals surface area contributed by atoms with Crippen molar-refractivity contribution in [1.82, 2.24) is 10.3 Å². The molecule has 3 rings (SSSR count). The highest BCUT2D eigenvalue weighted by Gasteiger charge is 2.37. The number of sulfone groups is 1. The van der Waals surface area contributed by atoms with E-state index < -0.39 is 60.8 Å². The van der Waals surface area contributed by atoms with Crippen LogP contribution in [-0.4, -0.2) is 40.0 Å². The van der Waals surface area contributed by atoms with Crippen LogP contribution in [-0.2, 0) is 36.6 Å². The number of hydrogen-bond donors (Lipinski definition) is 2. The van der Waals surface area contributed by atoms with Gasteiger partial charge in [0.25, 0.3) is 0 Å². The number of alkyl halides is 3. The number of nitrogens with one attached hydrogen (secondary N) is 1. The van der Waals surface area contributed by atoms with Crippen LogP contribution in [0.5, 0.6) is 0 Å². The lowest BCUT2D eigenvalue weighted by Crippen LogP contribution is -2.37. The highest BCUT2D eigenvalue weighted by molar-refractivity contribution is 9.10. The summed E-state index contributed by atoms with van der Waals surface area (Å²) in [6.07, 6.45) is -4.58. The van der Waals surface area contributed by atoms with Crippen molar-refractivity contribution >= 4 is 63.3 Å². The van der Waals surface area contributed by atoms with Gasteiger partial charge in [-0.05, 0) is 35.9 Å². The molecule has 3 aromatic rings. The molecule has 0 saturated carbocycles. The minimum absolute atomic E-state index is 0.0409. The second-order valence-electron chi connectivity index (χ2n) is 7.20. The summed E-state index contributed by atoms with van der Waals surface area (Å²) in [5.41, 5.74) is -0.461. The van der Waals surface area contributed by atoms with Crippen molar-refractivity contribution in [2.75, 3.05) is 12.3 Å². The maximum atomic E-state index is 13.3. The predicted molar refractivity (Wildman–Crippen MR) is 125 cm³/mol. The van der Waals surface area contributed by atoms with E-state index in [2.05, 4.69) is 26.2 Å². The molecule has 1 amide bonds. The Kier molecular flexibility index (Phi) is 7.72. The summed E-state index contributed by atoms with van der Waals surface area (Å²) in [6, 6.07) is 8.54. The number of carbonyl (C=O) groups excluding carboxylic acids is 1. The molecule has 1 atom stereocenters. The topological polar surface area (TPSA) is 136 Å². The standard InChI is InChI=1S/C19H17BrF3N3O5S3/c20-13-5-6-14-15(9-13)32-18(26-14)16(17(27)25-7-8-34(24,30)31)33(28,29)10-11-1-3-12(4-2-11)19(21,22)23/h1-6,9,16H,7-8,10H2,(H,25,27)(H2,24,30,31). The number of primary sulfonamides is 1. The number of thiazole rings is 1. The monoisotopic (exact) mass is 599 g/mol. The van der Waals surface area contributed by atoms with Crippen molar-refractivity contribution in [3.63, 3.8) is 0 Å². The summed E-state index contributed by atoms with van der Waals surface area (Å²) in [6.45, 7) is -0.430. The lowest BCUT2D eigenvalue weighted by atomic mass is 10.1. The summed E-state index contributed by atoms with van der Waals surface area (Å²) in [5.74, 6) is -2.37. The summed E-state index contributed by atoms with van der Waals surface area (Å²) in [4.78, 5) is 17.1. The van der Waals surface area contributed by atoms with Gasteiger partial charge in [-0.15, -0.1) is 11.3 Å². The third-order valence-electron chi connectivity index (χ3n) is 4.52. The van der Waals surface area contributed by atoms with E-state index in [1.165, 1.54) is 0 Å². The summed E-state index contributed by atoms with van der Waals surface area (Å²) < 4.78 is 88.6. The fraction of sp³-hybridized carbons (Fsp3) is 0.263. The Hall–Kier alpha value is -2.07. The van der Waals surface area contributed by atoms with Crippen LogP contribution in [0.15, 0.2) is 46.9 Å². The number of halogens is 4. The summed E-state index contributed by atoms with van der Waals surface area (Å²) in [5, 5.41) is 5.28. The number of benzene rings is 2. The van der Waals surface area contributed by atoms with Crippen LogP contribution in [0.2, 0.25) is 0 Å². The Labute approximate surface area is 205 Å². The molecular weight excluding hydrogens is 583 g/mol. The first-order valence-electron chi connectivity index (χ1n) is 9.37. The molecule has 3 N–H and O–H groups in total. The molecule has 1 heterocycles. The van der Waals surface area contributed by atoms with Crippen LogP contribution in [0.25, 0.3) is 10.2 Å². The fourth-order valence-corrected chi connectivity index (χ4v) is 7.04. The van der Waals surface area contributed by atoms with Crippen molar-refractivity contribution in [2.45, 2.75) is 17.2 Å². The molecule has 184 valence electrons. The van der Waals surface area contributed by atoms with Crippen molar-refractivity contribution in [3.8, 4) is 0 Å². The average molecular weight is 600 g/mol. The van der Waals surface area contributed by atoms with Gasteiger partial charge in [-0.2, -0.15) is 13.2 Å². The van der Waals surface area contributed by atoms with Gasteiger partial charge in [0, 0.05) is 11.0 Å². The first kappa shape index (κ1) is 26.5. The molecule has 0 fully saturated rings. The molecule has 1 aromatic heterocycles. The van der Waals surface area contributed by atoms with Crippen LogP contribution in [0, 0.1) is 0 Å². The smallest absolute Gasteiger partial charge is 0.354 e. The number of nitrogens with zero attached hydrogens (tertiary/aromatic N) is 1. The molecule has 0 saturated heterocycles. The molecule has 0 radical (unpaired) electrons. The van der Waals surface area contributed by atoms with Gasteiger partial charge in [-0.25, -0.2) is 27.0 Å². The van der Waals surface area contributed by atoms with E-state index in [9.17, 15) is 34.8 Å². The zero-order valence-electron chi connectivity index (χ0n) is 17.0. The normalized spacial score (nSPS) is 13.7. The molecule has 0 aliphatic rings. The van der Waals surface area contributed by atoms with Gasteiger partial charge in [0.2, 0.25) is 15.9 Å². The minimum Gasteiger partial charge on any atom is -0.354 e. The Morgan fingerprint density at radius 3 is 2.35 bits per heavy atom. The highest BCUT2D eigenvalue weighted by atomic mass is 79.9. The van der Waals surface area contributed by atoms with Crippen molar-refractivity contribution in [2.24, 2.45) is 5.14 Å². The Morgan fingerprint density at radius 1 is 1.12 bits per heavy atom. The largest absolute Gasteiger partial charge is 0.416 e. The predicted octanol–water partition coefficient (Wildman–Crippen LogP) is 3.14. The molecule has 8 nitrogen and oxygen atoms in total. The third kappa shape index (κ3) is 6.75. The number of hydrogen-bond acceptors (Lipinski definition) is 7. The number of nitrogens with two attached hydrogens (primary N) is 1. The van der Waals surface area contributed by atoms with Crippen molar-refractivity contribution in [1.29, 1.82) is 0 Å². The summed E-state index contributed by atoms with van der Waals surface area (Å²) in [7, 11) is -8.25. The minimum atomic E-state index is -4.58. The van der Waals surface area contributed by atoms with Crippen LogP contribution in [0.1, 0.15) is 21.4 Å². The van der Waals surface area contributed by atoms with E-state index in [0.29, 0.717) is 14.7 Å². The van der Waals surface area contributed by atoms with Gasteiger partial charge in [-0.1, -0.05) is 28.1 Å². The highest BCUT2D eigenvalue weighted by Crippen LogP contribution is 2.35. The van der Waals surface area contributed by atoms with Crippen LogP contribution >= 0.6 is 27.3 Å². The lowest BCUT2D eigenvalue weighted by Gasteiger charge is -2.16. The zero-order chi connectivity index (χ0) is 25.3. The first-order valence-corrected chi connectivity index (χ1v) is 14.4. The SMILES string of the molecule is NS(=O)(=O)CCNC(=O)C(c1nc2ccc(Br)cc2s1)S(=O)(=O)Cc1ccc(C(F)(F)F)cc1. The van der Waals surface area contributed by atoms with Gasteiger partial charge >= 0.3 is 6.18 Å². The molecule has 15 heteroatoms. The van der Waals surface area contributed by atoms with Gasteiger partial charge < -0.3 is 5.32 Å². The molecule has 34 heavy (non-hydrogen) atoms. The van der Waals surface area contributed by atoms with Gasteiger partial charge in [-0.3, -0.25) is 4.79 Å². The number of amides is 1. The maximum absolute atomic E-state index is 13.3. The molecule has 0 aliphatic carbocycles. The summed E-state index contributed by atoms with van der Waals surface area (Å²) >= 11 is 4.25. The quantitative estimate of drug-likeness (QED) is 0.408. The van der Waals surface area contributed by atoms with Gasteiger partial charge in [0.1, 0.15) is 5.01 Å². The maximum Gasteiger partial charge on any atom is 0.416 e. The van der Waals surface area contributed by atoms with Gasteiger partial charge in [0.15, 0.2) is 15.1 Å². The number of aromatic nitrogens is 1. The zero-order valence-corrected chi connectivity index (χ0v) is 21.1. The van der Waals surface area contributed by atoms with Crippen LogP contribution in [0.4, 0.5) is 13.2 Å². The van der Waals surface area contributed by atoms with E-state index in [0.717, 1.165) is 35.6 Å². The average Bonchev–Trinajstić information content (AvgIpc) is 3.08. The fourth-order valence-electron chi connectivity index (χ4n) is 2.97. The number of sulfonamides is 1. The van der Waals surface area contributed by atoms with E-state index in [-0.39, 0.29) is 10.6 Å². The van der Waals surface area contributed by atoms with Crippen LogP contribution in [0.3, 0.4) is 0 Å². The number of carbonyl (C=O) groups is 1. The molecule has 2 aromatic carbocycles. The molecule has 0 aliphatic heterocycles. The van der Waals surface area contributed by atoms with E-state index >= 15 is 0 Å². The Morgan fingerprint density at radius 2 is 1.76 bits per heavy atom. The second kappa shape index (κ2) is 9.89. The molecule has 0 bridgehead atoms.